The highest BCUT2D eigenvalue weighted by Gasteiger charge is 2.32. The number of ketones is 1. The Hall–Kier alpha value is -1.15. The summed E-state index contributed by atoms with van der Waals surface area (Å²) in [5, 5.41) is 9.32. The molecule has 0 amide bonds. The number of benzene rings is 1. The van der Waals surface area contributed by atoms with Crippen molar-refractivity contribution in [1.82, 2.24) is 0 Å². The van der Waals surface area contributed by atoms with Gasteiger partial charge in [-0.05, 0) is 12.5 Å². The second-order valence-electron chi connectivity index (χ2n) is 3.63. The van der Waals surface area contributed by atoms with Gasteiger partial charge in [0.15, 0.2) is 0 Å². The number of hydrogen-bond donors (Lipinski definition) is 1. The molecule has 0 aromatic heterocycles. The summed E-state index contributed by atoms with van der Waals surface area (Å²) in [5.41, 5.74) is 0.144. The third kappa shape index (κ3) is 1.85. The van der Waals surface area contributed by atoms with Crippen molar-refractivity contribution in [2.75, 3.05) is 6.61 Å². The number of carbonyl (C=O) groups excluding carboxylic acids is 1. The summed E-state index contributed by atoms with van der Waals surface area (Å²) >= 11 is 0. The predicted molar refractivity (Wildman–Crippen MR) is 56.2 cm³/mol. The van der Waals surface area contributed by atoms with E-state index >= 15 is 0 Å². The van der Waals surface area contributed by atoms with Crippen LogP contribution in [-0.4, -0.2) is 17.5 Å². The molecule has 14 heavy (non-hydrogen) atoms. The molecule has 76 valence electrons. The second kappa shape index (κ2) is 4.38. The van der Waals surface area contributed by atoms with E-state index < -0.39 is 5.41 Å². The summed E-state index contributed by atoms with van der Waals surface area (Å²) in [5.74, 6) is 0.0752. The van der Waals surface area contributed by atoms with E-state index in [4.69, 9.17) is 0 Å². The van der Waals surface area contributed by atoms with Gasteiger partial charge >= 0.3 is 0 Å². The Morgan fingerprint density at radius 2 is 1.93 bits per heavy atom. The van der Waals surface area contributed by atoms with Gasteiger partial charge in [-0.25, -0.2) is 0 Å². The molecular weight excluding hydrogens is 176 g/mol. The first-order valence-electron chi connectivity index (χ1n) is 4.85. The summed E-state index contributed by atoms with van der Waals surface area (Å²) in [4.78, 5) is 11.7. The van der Waals surface area contributed by atoms with E-state index in [9.17, 15) is 9.90 Å². The molecule has 0 heterocycles. The highest BCUT2D eigenvalue weighted by Crippen LogP contribution is 2.25. The maximum atomic E-state index is 11.7. The molecule has 0 radical (unpaired) electrons. The molecule has 0 aliphatic carbocycles. The van der Waals surface area contributed by atoms with Gasteiger partial charge in [0.1, 0.15) is 5.78 Å². The first-order chi connectivity index (χ1) is 6.65. The van der Waals surface area contributed by atoms with Gasteiger partial charge in [-0.3, -0.25) is 4.79 Å². The zero-order valence-electron chi connectivity index (χ0n) is 8.66. The van der Waals surface area contributed by atoms with Crippen LogP contribution in [0.25, 0.3) is 0 Å². The number of aliphatic hydroxyl groups is 1. The lowest BCUT2D eigenvalue weighted by atomic mass is 9.78. The van der Waals surface area contributed by atoms with Crippen LogP contribution in [0.15, 0.2) is 30.3 Å². The number of aliphatic hydroxyl groups excluding tert-OH is 1. The van der Waals surface area contributed by atoms with E-state index in [1.54, 1.807) is 6.92 Å². The van der Waals surface area contributed by atoms with E-state index in [0.717, 1.165) is 5.56 Å². The summed E-state index contributed by atoms with van der Waals surface area (Å²) in [6.07, 6.45) is 0.450. The van der Waals surface area contributed by atoms with E-state index in [0.29, 0.717) is 6.42 Å². The van der Waals surface area contributed by atoms with Gasteiger partial charge in [-0.1, -0.05) is 37.3 Å². The highest BCUT2D eigenvalue weighted by atomic mass is 16.3. The fourth-order valence-corrected chi connectivity index (χ4v) is 1.54. The van der Waals surface area contributed by atoms with Crippen LogP contribution in [0.1, 0.15) is 25.8 Å². The fourth-order valence-electron chi connectivity index (χ4n) is 1.54. The molecule has 1 N–H and O–H groups in total. The molecule has 2 heteroatoms. The summed E-state index contributed by atoms with van der Waals surface area (Å²) in [7, 11) is 0. The zero-order chi connectivity index (χ0) is 10.6. The van der Waals surface area contributed by atoms with E-state index in [1.807, 2.05) is 37.3 Å². The third-order valence-corrected chi connectivity index (χ3v) is 2.66. The Balaban J connectivity index is 3.08. The van der Waals surface area contributed by atoms with Crippen molar-refractivity contribution in [1.29, 1.82) is 0 Å². The Bertz CT molecular complexity index is 305. The van der Waals surface area contributed by atoms with Gasteiger partial charge < -0.3 is 5.11 Å². The quantitative estimate of drug-likeness (QED) is 0.791. The molecule has 1 atom stereocenters. The Morgan fingerprint density at radius 3 is 2.36 bits per heavy atom. The fraction of sp³-hybridized carbons (Fsp3) is 0.417. The molecule has 2 nitrogen and oxygen atoms in total. The minimum atomic E-state index is -0.740. The first kappa shape index (κ1) is 10.9. The van der Waals surface area contributed by atoms with Crippen molar-refractivity contribution in [2.45, 2.75) is 25.7 Å². The van der Waals surface area contributed by atoms with Gasteiger partial charge in [0, 0.05) is 6.42 Å². The van der Waals surface area contributed by atoms with Gasteiger partial charge in [-0.15, -0.1) is 0 Å². The van der Waals surface area contributed by atoms with E-state index in [2.05, 4.69) is 0 Å². The standard InChI is InChI=1S/C12H16O2/c1-3-11(14)12(2,9-13)10-7-5-4-6-8-10/h4-8,13H,3,9H2,1-2H3. The van der Waals surface area contributed by atoms with E-state index in [1.165, 1.54) is 0 Å². The third-order valence-electron chi connectivity index (χ3n) is 2.66. The second-order valence-corrected chi connectivity index (χ2v) is 3.63. The van der Waals surface area contributed by atoms with Crippen LogP contribution in [0.4, 0.5) is 0 Å². The number of hydrogen-bond acceptors (Lipinski definition) is 2. The molecule has 0 saturated heterocycles. The topological polar surface area (TPSA) is 37.3 Å². The molecule has 0 aliphatic rings. The normalized spacial score (nSPS) is 14.8. The molecule has 1 aromatic carbocycles. The van der Waals surface area contributed by atoms with Gasteiger partial charge in [-0.2, -0.15) is 0 Å². The van der Waals surface area contributed by atoms with Gasteiger partial charge in [0.25, 0.3) is 0 Å². The zero-order valence-corrected chi connectivity index (χ0v) is 8.66. The van der Waals surface area contributed by atoms with Crippen LogP contribution in [0.3, 0.4) is 0 Å². The van der Waals surface area contributed by atoms with Crippen LogP contribution in [-0.2, 0) is 10.2 Å². The predicted octanol–water partition coefficient (Wildman–Crippen LogP) is 1.92. The summed E-state index contributed by atoms with van der Waals surface area (Å²) < 4.78 is 0. The van der Waals surface area contributed by atoms with Crippen molar-refractivity contribution in [3.05, 3.63) is 35.9 Å². The lowest BCUT2D eigenvalue weighted by Gasteiger charge is -2.25. The summed E-state index contributed by atoms with van der Waals surface area (Å²) in [6.45, 7) is 3.47. The lowest BCUT2D eigenvalue weighted by molar-refractivity contribution is -0.125. The highest BCUT2D eigenvalue weighted by molar-refractivity contribution is 5.89. The van der Waals surface area contributed by atoms with Gasteiger partial charge in [0.2, 0.25) is 0 Å². The maximum absolute atomic E-state index is 11.7. The van der Waals surface area contributed by atoms with Crippen molar-refractivity contribution in [2.24, 2.45) is 0 Å². The lowest BCUT2D eigenvalue weighted by Crippen LogP contribution is -2.35. The van der Waals surface area contributed by atoms with Crippen molar-refractivity contribution < 1.29 is 9.90 Å². The number of rotatable bonds is 4. The van der Waals surface area contributed by atoms with Crippen molar-refractivity contribution in [3.63, 3.8) is 0 Å². The van der Waals surface area contributed by atoms with Crippen LogP contribution < -0.4 is 0 Å². The minimum absolute atomic E-state index is 0.0752. The number of Topliss-reactive ketones (excluding diaryl/α,β-unsaturated/α-hetero) is 1. The molecule has 0 fully saturated rings. The van der Waals surface area contributed by atoms with E-state index in [-0.39, 0.29) is 12.4 Å². The monoisotopic (exact) mass is 192 g/mol. The molecule has 0 aliphatic heterocycles. The Kier molecular flexibility index (Phi) is 3.42. The molecule has 1 aromatic rings. The average molecular weight is 192 g/mol. The molecular formula is C12H16O2. The van der Waals surface area contributed by atoms with Crippen LogP contribution in [0.5, 0.6) is 0 Å². The van der Waals surface area contributed by atoms with Gasteiger partial charge in [0.05, 0.1) is 12.0 Å². The molecule has 0 bridgehead atoms. The first-order valence-corrected chi connectivity index (χ1v) is 4.85. The van der Waals surface area contributed by atoms with Crippen molar-refractivity contribution >= 4 is 5.78 Å². The molecule has 0 spiro atoms. The number of carbonyl (C=O) groups is 1. The Morgan fingerprint density at radius 1 is 1.36 bits per heavy atom. The molecule has 1 unspecified atom stereocenters. The van der Waals surface area contributed by atoms with Crippen molar-refractivity contribution in [3.8, 4) is 0 Å². The van der Waals surface area contributed by atoms with Crippen LogP contribution in [0.2, 0.25) is 0 Å². The van der Waals surface area contributed by atoms with Crippen LogP contribution >= 0.6 is 0 Å². The smallest absolute Gasteiger partial charge is 0.145 e. The largest absolute Gasteiger partial charge is 0.395 e. The summed E-state index contributed by atoms with van der Waals surface area (Å²) in [6, 6.07) is 9.42. The maximum Gasteiger partial charge on any atom is 0.145 e. The van der Waals surface area contributed by atoms with Crippen LogP contribution in [0, 0.1) is 0 Å². The molecule has 0 saturated carbocycles. The average Bonchev–Trinajstić information content (AvgIpc) is 2.28. The Labute approximate surface area is 84.6 Å². The minimum Gasteiger partial charge on any atom is -0.395 e. The SMILES string of the molecule is CCC(=O)C(C)(CO)c1ccccc1. The molecule has 1 rings (SSSR count).